The van der Waals surface area contributed by atoms with Gasteiger partial charge >= 0.3 is 6.09 Å². The molecule has 3 saturated carbocycles. The number of nitrogens with two attached hydrogens (primary N) is 1. The number of amides is 1. The summed E-state index contributed by atoms with van der Waals surface area (Å²) in [5, 5.41) is 2.99. The first-order valence-corrected chi connectivity index (χ1v) is 7.95. The van der Waals surface area contributed by atoms with Crippen LogP contribution in [0.15, 0.2) is 0 Å². The summed E-state index contributed by atoms with van der Waals surface area (Å²) in [7, 11) is 0. The summed E-state index contributed by atoms with van der Waals surface area (Å²) < 4.78 is 5.33. The van der Waals surface area contributed by atoms with Gasteiger partial charge in [-0.1, -0.05) is 6.42 Å². The second-order valence-corrected chi connectivity index (χ2v) is 7.91. The van der Waals surface area contributed by atoms with Crippen LogP contribution >= 0.6 is 0 Å². The molecule has 3 aliphatic carbocycles. The topological polar surface area (TPSA) is 64.3 Å². The van der Waals surface area contributed by atoms with Crippen LogP contribution in [0.1, 0.15) is 65.7 Å². The third kappa shape index (κ3) is 3.66. The van der Waals surface area contributed by atoms with Crippen LogP contribution in [0.4, 0.5) is 4.79 Å². The second kappa shape index (κ2) is 5.55. The minimum Gasteiger partial charge on any atom is -0.444 e. The zero-order chi connectivity index (χ0) is 14.9. The van der Waals surface area contributed by atoms with Crippen LogP contribution in [-0.4, -0.2) is 24.8 Å². The predicted molar refractivity (Wildman–Crippen MR) is 80.5 cm³/mol. The standard InChI is InChI=1S/C16H30N2O2/c1-14(2,3)20-13(19)18-12-16-6-4-5-15(11-17,7-9-16)8-10-16/h4-12,17H2,1-3H3,(H,18,19). The largest absolute Gasteiger partial charge is 0.444 e. The van der Waals surface area contributed by atoms with Crippen molar-refractivity contribution in [2.24, 2.45) is 16.6 Å². The van der Waals surface area contributed by atoms with E-state index in [9.17, 15) is 4.79 Å². The van der Waals surface area contributed by atoms with Gasteiger partial charge in [0.15, 0.2) is 0 Å². The van der Waals surface area contributed by atoms with E-state index in [1.807, 2.05) is 20.8 Å². The second-order valence-electron chi connectivity index (χ2n) is 7.91. The fourth-order valence-corrected chi connectivity index (χ4v) is 3.79. The zero-order valence-corrected chi connectivity index (χ0v) is 13.3. The van der Waals surface area contributed by atoms with E-state index < -0.39 is 5.60 Å². The molecule has 2 bridgehead atoms. The lowest BCUT2D eigenvalue weighted by Crippen LogP contribution is -2.43. The first kappa shape index (κ1) is 15.6. The van der Waals surface area contributed by atoms with E-state index in [0.29, 0.717) is 5.41 Å². The van der Waals surface area contributed by atoms with Gasteiger partial charge in [0.25, 0.3) is 0 Å². The molecule has 0 aromatic rings. The van der Waals surface area contributed by atoms with E-state index in [4.69, 9.17) is 10.5 Å². The molecule has 20 heavy (non-hydrogen) atoms. The fourth-order valence-electron chi connectivity index (χ4n) is 3.79. The highest BCUT2D eigenvalue weighted by atomic mass is 16.6. The lowest BCUT2D eigenvalue weighted by atomic mass is 9.65. The summed E-state index contributed by atoms with van der Waals surface area (Å²) >= 11 is 0. The molecule has 0 unspecified atom stereocenters. The Morgan fingerprint density at radius 1 is 1.10 bits per heavy atom. The maximum atomic E-state index is 11.8. The molecule has 0 aliphatic heterocycles. The number of nitrogens with one attached hydrogen (secondary N) is 1. The number of rotatable bonds is 3. The summed E-state index contributed by atoms with van der Waals surface area (Å²) in [6.07, 6.45) is 8.26. The minimum absolute atomic E-state index is 0.284. The van der Waals surface area contributed by atoms with Gasteiger partial charge in [-0.2, -0.15) is 0 Å². The van der Waals surface area contributed by atoms with Gasteiger partial charge in [0, 0.05) is 6.54 Å². The Kier molecular flexibility index (Phi) is 4.33. The molecule has 116 valence electrons. The average Bonchev–Trinajstić information content (AvgIpc) is 2.66. The molecule has 0 atom stereocenters. The number of fused-ring (bicyclic) bond motifs is 4. The molecule has 0 aromatic carbocycles. The van der Waals surface area contributed by atoms with Crippen molar-refractivity contribution < 1.29 is 9.53 Å². The number of ether oxygens (including phenoxy) is 1. The van der Waals surface area contributed by atoms with Crippen LogP contribution in [0.5, 0.6) is 0 Å². The van der Waals surface area contributed by atoms with Crippen LogP contribution in [0, 0.1) is 10.8 Å². The summed E-state index contributed by atoms with van der Waals surface area (Å²) in [6, 6.07) is 0. The Morgan fingerprint density at radius 2 is 1.65 bits per heavy atom. The van der Waals surface area contributed by atoms with Crippen LogP contribution in [0.3, 0.4) is 0 Å². The Balaban J connectivity index is 1.89. The quantitative estimate of drug-likeness (QED) is 0.835. The maximum Gasteiger partial charge on any atom is 0.407 e. The highest BCUT2D eigenvalue weighted by Crippen LogP contribution is 2.53. The molecule has 0 heterocycles. The van der Waals surface area contributed by atoms with Gasteiger partial charge in [-0.25, -0.2) is 4.79 Å². The fraction of sp³-hybridized carbons (Fsp3) is 0.938. The third-order valence-corrected chi connectivity index (χ3v) is 5.23. The Morgan fingerprint density at radius 3 is 2.20 bits per heavy atom. The number of alkyl carbamates (subject to hydrolysis) is 1. The molecule has 3 rings (SSSR count). The minimum atomic E-state index is -0.424. The molecular formula is C16H30N2O2. The number of carbonyl (C=O) groups is 1. The van der Waals surface area contributed by atoms with E-state index in [-0.39, 0.29) is 11.5 Å². The molecule has 0 radical (unpaired) electrons. The van der Waals surface area contributed by atoms with Crippen LogP contribution in [0.2, 0.25) is 0 Å². The maximum absolute atomic E-state index is 11.8. The van der Waals surface area contributed by atoms with E-state index in [1.54, 1.807) is 0 Å². The van der Waals surface area contributed by atoms with Crippen molar-refractivity contribution in [1.29, 1.82) is 0 Å². The van der Waals surface area contributed by atoms with E-state index in [1.165, 1.54) is 44.9 Å². The van der Waals surface area contributed by atoms with Crippen LogP contribution in [0.25, 0.3) is 0 Å². The molecule has 3 fully saturated rings. The van der Waals surface area contributed by atoms with Gasteiger partial charge in [0.1, 0.15) is 5.60 Å². The normalized spacial score (nSPS) is 33.6. The van der Waals surface area contributed by atoms with Gasteiger partial charge in [0.2, 0.25) is 0 Å². The Bertz CT molecular complexity index is 352. The average molecular weight is 282 g/mol. The highest BCUT2D eigenvalue weighted by Gasteiger charge is 2.44. The molecule has 4 heteroatoms. The molecule has 1 amide bonds. The van der Waals surface area contributed by atoms with E-state index in [2.05, 4.69) is 5.32 Å². The Labute approximate surface area is 122 Å². The van der Waals surface area contributed by atoms with Crippen molar-refractivity contribution in [3.63, 3.8) is 0 Å². The highest BCUT2D eigenvalue weighted by molar-refractivity contribution is 5.67. The SMILES string of the molecule is CC(C)(C)OC(=O)NCC12CCCC(CN)(CC1)CC2. The number of carbonyl (C=O) groups excluding carboxylic acids is 1. The molecule has 0 spiro atoms. The predicted octanol–water partition coefficient (Wildman–Crippen LogP) is 3.20. The van der Waals surface area contributed by atoms with E-state index in [0.717, 1.165) is 13.1 Å². The summed E-state index contributed by atoms with van der Waals surface area (Å²) in [5.41, 5.74) is 6.24. The van der Waals surface area contributed by atoms with Crippen LogP contribution < -0.4 is 11.1 Å². The summed E-state index contributed by atoms with van der Waals surface area (Å²) in [4.78, 5) is 11.8. The van der Waals surface area contributed by atoms with Crippen molar-refractivity contribution >= 4 is 6.09 Å². The van der Waals surface area contributed by atoms with Crippen molar-refractivity contribution in [3.8, 4) is 0 Å². The van der Waals surface area contributed by atoms with Crippen molar-refractivity contribution in [2.45, 2.75) is 71.3 Å². The molecule has 3 N–H and O–H groups in total. The van der Waals surface area contributed by atoms with Gasteiger partial charge in [-0.05, 0) is 76.7 Å². The number of hydrogen-bond acceptors (Lipinski definition) is 3. The van der Waals surface area contributed by atoms with Crippen molar-refractivity contribution in [3.05, 3.63) is 0 Å². The van der Waals surface area contributed by atoms with Crippen molar-refractivity contribution in [2.75, 3.05) is 13.1 Å². The van der Waals surface area contributed by atoms with E-state index >= 15 is 0 Å². The lowest BCUT2D eigenvalue weighted by molar-refractivity contribution is 0.0458. The molecule has 0 saturated heterocycles. The number of hydrogen-bond donors (Lipinski definition) is 2. The first-order chi connectivity index (χ1) is 9.28. The smallest absolute Gasteiger partial charge is 0.407 e. The lowest BCUT2D eigenvalue weighted by Gasteiger charge is -2.42. The monoisotopic (exact) mass is 282 g/mol. The van der Waals surface area contributed by atoms with Gasteiger partial charge in [-0.15, -0.1) is 0 Å². The molecule has 4 nitrogen and oxygen atoms in total. The van der Waals surface area contributed by atoms with Crippen LogP contribution in [-0.2, 0) is 4.74 Å². The van der Waals surface area contributed by atoms with Gasteiger partial charge < -0.3 is 15.8 Å². The molecular weight excluding hydrogens is 252 g/mol. The van der Waals surface area contributed by atoms with Gasteiger partial charge in [0.05, 0.1) is 0 Å². The van der Waals surface area contributed by atoms with Gasteiger partial charge in [-0.3, -0.25) is 0 Å². The molecule has 3 aliphatic rings. The Hall–Kier alpha value is -0.770. The van der Waals surface area contributed by atoms with Crippen molar-refractivity contribution in [1.82, 2.24) is 5.32 Å². The first-order valence-electron chi connectivity index (χ1n) is 7.95. The summed E-state index contributed by atoms with van der Waals surface area (Å²) in [6.45, 7) is 7.26. The summed E-state index contributed by atoms with van der Waals surface area (Å²) in [5.74, 6) is 0. The third-order valence-electron chi connectivity index (χ3n) is 5.23. The zero-order valence-electron chi connectivity index (χ0n) is 13.3. The molecule has 0 aromatic heterocycles.